The van der Waals surface area contributed by atoms with Gasteiger partial charge in [0.05, 0.1) is 7.11 Å². The number of nitrogens with one attached hydrogen (secondary N) is 1. The average Bonchev–Trinajstić information content (AvgIpc) is 2.61. The molecular weight excluding hydrogens is 304 g/mol. The van der Waals surface area contributed by atoms with E-state index in [0.29, 0.717) is 17.9 Å². The lowest BCUT2D eigenvalue weighted by atomic mass is 9.99. The fourth-order valence-electron chi connectivity index (χ4n) is 2.85. The van der Waals surface area contributed by atoms with Crippen molar-refractivity contribution in [3.63, 3.8) is 0 Å². The predicted molar refractivity (Wildman–Crippen MR) is 92.2 cm³/mol. The van der Waals surface area contributed by atoms with Crippen LogP contribution in [0.1, 0.15) is 28.4 Å². The van der Waals surface area contributed by atoms with Crippen LogP contribution in [0.15, 0.2) is 42.5 Å². The number of hydrogen-bond acceptors (Lipinski definition) is 3. The van der Waals surface area contributed by atoms with Gasteiger partial charge in [-0.15, -0.1) is 0 Å². The Morgan fingerprint density at radius 3 is 2.50 bits per heavy atom. The van der Waals surface area contributed by atoms with Gasteiger partial charge in [0.1, 0.15) is 5.75 Å². The highest BCUT2D eigenvalue weighted by molar-refractivity contribution is 6.04. The molecule has 5 nitrogen and oxygen atoms in total. The van der Waals surface area contributed by atoms with Crippen LogP contribution in [-0.2, 0) is 17.8 Å². The summed E-state index contributed by atoms with van der Waals surface area (Å²) in [6, 6.07) is 12.8. The monoisotopic (exact) mass is 324 g/mol. The SMILES string of the molecule is COc1ccc(C(=O)Nc2ccc3c(c2)CN(C(C)=O)CC3)cc1. The van der Waals surface area contributed by atoms with Crippen LogP contribution in [0.3, 0.4) is 0 Å². The van der Waals surface area contributed by atoms with Crippen LogP contribution in [0.25, 0.3) is 0 Å². The topological polar surface area (TPSA) is 58.6 Å². The molecule has 2 amide bonds. The molecule has 124 valence electrons. The van der Waals surface area contributed by atoms with Crippen molar-refractivity contribution >= 4 is 17.5 Å². The van der Waals surface area contributed by atoms with E-state index >= 15 is 0 Å². The summed E-state index contributed by atoms with van der Waals surface area (Å²) < 4.78 is 5.09. The van der Waals surface area contributed by atoms with Gasteiger partial charge in [-0.2, -0.15) is 0 Å². The van der Waals surface area contributed by atoms with Crippen LogP contribution in [0.5, 0.6) is 5.75 Å². The van der Waals surface area contributed by atoms with Gasteiger partial charge in [-0.3, -0.25) is 9.59 Å². The van der Waals surface area contributed by atoms with Crippen LogP contribution >= 0.6 is 0 Å². The lowest BCUT2D eigenvalue weighted by Gasteiger charge is -2.28. The number of nitrogens with zero attached hydrogens (tertiary/aromatic N) is 1. The highest BCUT2D eigenvalue weighted by Gasteiger charge is 2.18. The van der Waals surface area contributed by atoms with E-state index in [9.17, 15) is 9.59 Å². The van der Waals surface area contributed by atoms with Crippen LogP contribution in [0.2, 0.25) is 0 Å². The van der Waals surface area contributed by atoms with E-state index in [1.54, 1.807) is 38.3 Å². The molecule has 0 aliphatic carbocycles. The number of carbonyl (C=O) groups is 2. The lowest BCUT2D eigenvalue weighted by Crippen LogP contribution is -2.34. The number of anilines is 1. The Morgan fingerprint density at radius 1 is 1.08 bits per heavy atom. The molecule has 0 bridgehead atoms. The number of amides is 2. The van der Waals surface area contributed by atoms with Gasteiger partial charge >= 0.3 is 0 Å². The maximum atomic E-state index is 12.3. The predicted octanol–water partition coefficient (Wildman–Crippen LogP) is 2.85. The Bertz CT molecular complexity index is 769. The first kappa shape index (κ1) is 16.1. The normalized spacial score (nSPS) is 13.2. The number of benzene rings is 2. The standard InChI is InChI=1S/C19H20N2O3/c1-13(22)21-10-9-14-3-6-17(11-16(14)12-21)20-19(23)15-4-7-18(24-2)8-5-15/h3-8,11H,9-10,12H2,1-2H3,(H,20,23). The van der Waals surface area contributed by atoms with E-state index in [0.717, 1.165) is 24.2 Å². The third-order valence-corrected chi connectivity index (χ3v) is 4.27. The maximum Gasteiger partial charge on any atom is 0.255 e. The molecule has 5 heteroatoms. The van der Waals surface area contributed by atoms with Gasteiger partial charge in [0.25, 0.3) is 5.91 Å². The molecule has 0 radical (unpaired) electrons. The summed E-state index contributed by atoms with van der Waals surface area (Å²) in [6.45, 7) is 2.93. The zero-order valence-electron chi connectivity index (χ0n) is 13.8. The molecule has 1 N–H and O–H groups in total. The Labute approximate surface area is 141 Å². The van der Waals surface area contributed by atoms with Crippen molar-refractivity contribution in [3.05, 3.63) is 59.2 Å². The van der Waals surface area contributed by atoms with Gasteiger partial charge in [-0.25, -0.2) is 0 Å². The van der Waals surface area contributed by atoms with E-state index in [2.05, 4.69) is 5.32 Å². The molecule has 1 aliphatic heterocycles. The smallest absolute Gasteiger partial charge is 0.255 e. The minimum Gasteiger partial charge on any atom is -0.497 e. The fourth-order valence-corrected chi connectivity index (χ4v) is 2.85. The molecule has 1 heterocycles. The van der Waals surface area contributed by atoms with Crippen molar-refractivity contribution in [2.45, 2.75) is 19.9 Å². The fraction of sp³-hybridized carbons (Fsp3) is 0.263. The van der Waals surface area contributed by atoms with Gasteiger partial charge in [0.15, 0.2) is 0 Å². The molecule has 3 rings (SSSR count). The third kappa shape index (κ3) is 3.40. The number of carbonyl (C=O) groups excluding carboxylic acids is 2. The summed E-state index contributed by atoms with van der Waals surface area (Å²) >= 11 is 0. The lowest BCUT2D eigenvalue weighted by molar-refractivity contribution is -0.129. The Hall–Kier alpha value is -2.82. The molecule has 0 saturated heterocycles. The highest BCUT2D eigenvalue weighted by atomic mass is 16.5. The van der Waals surface area contributed by atoms with E-state index in [1.807, 2.05) is 23.1 Å². The first-order chi connectivity index (χ1) is 11.6. The first-order valence-electron chi connectivity index (χ1n) is 7.89. The minimum atomic E-state index is -0.170. The molecule has 0 spiro atoms. The van der Waals surface area contributed by atoms with E-state index in [4.69, 9.17) is 4.74 Å². The molecular formula is C19H20N2O3. The van der Waals surface area contributed by atoms with E-state index in [1.165, 1.54) is 5.56 Å². The zero-order valence-corrected chi connectivity index (χ0v) is 13.8. The summed E-state index contributed by atoms with van der Waals surface area (Å²) in [5, 5.41) is 2.91. The van der Waals surface area contributed by atoms with Crippen molar-refractivity contribution in [2.24, 2.45) is 0 Å². The Kier molecular flexibility index (Phi) is 4.51. The number of rotatable bonds is 3. The summed E-state index contributed by atoms with van der Waals surface area (Å²) in [4.78, 5) is 25.7. The highest BCUT2D eigenvalue weighted by Crippen LogP contribution is 2.23. The molecule has 0 fully saturated rings. The zero-order chi connectivity index (χ0) is 17.1. The van der Waals surface area contributed by atoms with Crippen molar-refractivity contribution in [3.8, 4) is 5.75 Å². The molecule has 0 aromatic heterocycles. The van der Waals surface area contributed by atoms with Crippen LogP contribution < -0.4 is 10.1 Å². The van der Waals surface area contributed by atoms with Gasteiger partial charge < -0.3 is 15.0 Å². The van der Waals surface area contributed by atoms with Gasteiger partial charge in [0.2, 0.25) is 5.91 Å². The van der Waals surface area contributed by atoms with Crippen LogP contribution in [-0.4, -0.2) is 30.4 Å². The second kappa shape index (κ2) is 6.74. The summed E-state index contributed by atoms with van der Waals surface area (Å²) in [6.07, 6.45) is 0.849. The van der Waals surface area contributed by atoms with Crippen molar-refractivity contribution in [1.29, 1.82) is 0 Å². The quantitative estimate of drug-likeness (QED) is 0.944. The maximum absolute atomic E-state index is 12.3. The Balaban J connectivity index is 1.74. The molecule has 0 atom stereocenters. The summed E-state index contributed by atoms with van der Waals surface area (Å²) in [7, 11) is 1.59. The van der Waals surface area contributed by atoms with Gasteiger partial charge in [0, 0.05) is 31.3 Å². The second-order valence-electron chi connectivity index (χ2n) is 5.86. The molecule has 1 aliphatic rings. The number of ether oxygens (including phenoxy) is 1. The van der Waals surface area contributed by atoms with Gasteiger partial charge in [-0.1, -0.05) is 6.07 Å². The van der Waals surface area contributed by atoms with Crippen LogP contribution in [0, 0.1) is 0 Å². The van der Waals surface area contributed by atoms with E-state index < -0.39 is 0 Å². The number of methoxy groups -OCH3 is 1. The van der Waals surface area contributed by atoms with Crippen LogP contribution in [0.4, 0.5) is 5.69 Å². The first-order valence-corrected chi connectivity index (χ1v) is 7.89. The van der Waals surface area contributed by atoms with Gasteiger partial charge in [-0.05, 0) is 53.9 Å². The molecule has 0 unspecified atom stereocenters. The number of hydrogen-bond donors (Lipinski definition) is 1. The second-order valence-corrected chi connectivity index (χ2v) is 5.86. The van der Waals surface area contributed by atoms with E-state index in [-0.39, 0.29) is 11.8 Å². The van der Waals surface area contributed by atoms with Crippen molar-refractivity contribution in [2.75, 3.05) is 19.0 Å². The largest absolute Gasteiger partial charge is 0.497 e. The molecule has 0 saturated carbocycles. The molecule has 2 aromatic rings. The third-order valence-electron chi connectivity index (χ3n) is 4.27. The average molecular weight is 324 g/mol. The summed E-state index contributed by atoms with van der Waals surface area (Å²) in [5.41, 5.74) is 3.62. The molecule has 2 aromatic carbocycles. The van der Waals surface area contributed by atoms with Crippen molar-refractivity contribution < 1.29 is 14.3 Å². The molecule has 24 heavy (non-hydrogen) atoms. The minimum absolute atomic E-state index is 0.0771. The van der Waals surface area contributed by atoms with Crippen molar-refractivity contribution in [1.82, 2.24) is 4.90 Å². The summed E-state index contributed by atoms with van der Waals surface area (Å²) in [5.74, 6) is 0.620. The Morgan fingerprint density at radius 2 is 1.83 bits per heavy atom. The number of fused-ring (bicyclic) bond motifs is 1.